The van der Waals surface area contributed by atoms with Crippen molar-refractivity contribution in [2.75, 3.05) is 19.8 Å². The summed E-state index contributed by atoms with van der Waals surface area (Å²) in [5, 5.41) is 14.2. The fraction of sp³-hybridized carbons (Fsp3) is 0.556. The van der Waals surface area contributed by atoms with Gasteiger partial charge in [0.15, 0.2) is 0 Å². The Morgan fingerprint density at radius 3 is 2.96 bits per heavy atom. The van der Waals surface area contributed by atoms with E-state index in [4.69, 9.17) is 19.0 Å². The largest absolute Gasteiger partial charge is 0.475 e. The second-order valence-corrected chi connectivity index (χ2v) is 7.30. The molecular formula is C18H20N2O5. The van der Waals surface area contributed by atoms with Crippen LogP contribution in [0.1, 0.15) is 40.3 Å². The van der Waals surface area contributed by atoms with Gasteiger partial charge in [0.1, 0.15) is 11.9 Å². The lowest BCUT2D eigenvalue weighted by atomic mass is 9.82. The minimum atomic E-state index is -1.02. The SMILES string of the molecule is Cc1c(C(=O)O)oc2c1-c1nn(C[C@H]3COCCO3)cc1C1(CC1)C2. The molecule has 1 N–H and O–H groups in total. The molecule has 3 aliphatic rings. The topological polar surface area (TPSA) is 86.7 Å². The molecule has 3 heterocycles. The molecule has 5 rings (SSSR count). The summed E-state index contributed by atoms with van der Waals surface area (Å²) in [6, 6.07) is 0. The first-order valence-electron chi connectivity index (χ1n) is 8.71. The Hall–Kier alpha value is -2.12. The van der Waals surface area contributed by atoms with Gasteiger partial charge in [0.25, 0.3) is 0 Å². The number of nitrogens with zero attached hydrogens (tertiary/aromatic N) is 2. The van der Waals surface area contributed by atoms with Crippen LogP contribution < -0.4 is 0 Å². The van der Waals surface area contributed by atoms with Gasteiger partial charge in [-0.3, -0.25) is 4.68 Å². The van der Waals surface area contributed by atoms with Gasteiger partial charge in [-0.05, 0) is 19.8 Å². The maximum atomic E-state index is 11.4. The lowest BCUT2D eigenvalue weighted by Crippen LogP contribution is -2.32. The maximum absolute atomic E-state index is 11.4. The standard InChI is InChI=1S/C18H20N2O5/c1-10-14-13(25-16(10)17(21)22)6-18(2-3-18)12-8-20(19-15(12)14)7-11-9-23-4-5-24-11/h8,11H,2-7,9H2,1H3,(H,21,22)/t11-/m0/s1. The van der Waals surface area contributed by atoms with Crippen LogP contribution in [0.3, 0.4) is 0 Å². The number of aromatic carboxylic acids is 1. The van der Waals surface area contributed by atoms with Crippen LogP contribution in [0.25, 0.3) is 11.3 Å². The smallest absolute Gasteiger partial charge is 0.372 e. The second-order valence-electron chi connectivity index (χ2n) is 7.30. The third kappa shape index (κ3) is 2.26. The van der Waals surface area contributed by atoms with E-state index in [9.17, 15) is 9.90 Å². The Labute approximate surface area is 144 Å². The number of carbonyl (C=O) groups is 1. The van der Waals surface area contributed by atoms with E-state index in [0.29, 0.717) is 31.9 Å². The van der Waals surface area contributed by atoms with Crippen molar-refractivity contribution in [2.24, 2.45) is 0 Å². The van der Waals surface area contributed by atoms with Crippen molar-refractivity contribution in [2.45, 2.75) is 44.2 Å². The van der Waals surface area contributed by atoms with E-state index in [2.05, 4.69) is 6.20 Å². The minimum absolute atomic E-state index is 0.00440. The minimum Gasteiger partial charge on any atom is -0.475 e. The molecule has 2 aromatic rings. The van der Waals surface area contributed by atoms with Crippen LogP contribution in [0.5, 0.6) is 0 Å². The monoisotopic (exact) mass is 344 g/mol. The predicted molar refractivity (Wildman–Crippen MR) is 86.8 cm³/mol. The molecule has 1 atom stereocenters. The molecule has 7 heteroatoms. The molecule has 1 saturated heterocycles. The number of rotatable bonds is 3. The number of furan rings is 1. The average molecular weight is 344 g/mol. The molecule has 1 aliphatic heterocycles. The number of hydrogen-bond acceptors (Lipinski definition) is 5. The van der Waals surface area contributed by atoms with Gasteiger partial charge in [0.2, 0.25) is 5.76 Å². The Morgan fingerprint density at radius 2 is 2.28 bits per heavy atom. The van der Waals surface area contributed by atoms with Gasteiger partial charge in [-0.15, -0.1) is 0 Å². The molecule has 0 aromatic carbocycles. The number of hydrogen-bond donors (Lipinski definition) is 1. The Bertz CT molecular complexity index is 855. The van der Waals surface area contributed by atoms with Crippen LogP contribution >= 0.6 is 0 Å². The lowest BCUT2D eigenvalue weighted by molar-refractivity contribution is -0.0946. The highest BCUT2D eigenvalue weighted by atomic mass is 16.6. The van der Waals surface area contributed by atoms with E-state index in [1.165, 1.54) is 5.56 Å². The number of ether oxygens (including phenoxy) is 2. The van der Waals surface area contributed by atoms with Crippen molar-refractivity contribution in [1.29, 1.82) is 0 Å². The average Bonchev–Trinajstić information content (AvgIpc) is 3.09. The summed E-state index contributed by atoms with van der Waals surface area (Å²) in [4.78, 5) is 11.4. The predicted octanol–water partition coefficient (Wildman–Crippen LogP) is 2.15. The molecule has 2 aliphatic carbocycles. The van der Waals surface area contributed by atoms with E-state index >= 15 is 0 Å². The highest BCUT2D eigenvalue weighted by Gasteiger charge is 2.52. The summed E-state index contributed by atoms with van der Waals surface area (Å²) in [5.74, 6) is -0.222. The van der Waals surface area contributed by atoms with Gasteiger partial charge < -0.3 is 19.0 Å². The molecule has 25 heavy (non-hydrogen) atoms. The quantitative estimate of drug-likeness (QED) is 0.918. The molecule has 1 spiro atoms. The fourth-order valence-electron chi connectivity index (χ4n) is 4.15. The van der Waals surface area contributed by atoms with Gasteiger partial charge in [0.05, 0.1) is 32.1 Å². The van der Waals surface area contributed by atoms with Crippen molar-refractivity contribution in [1.82, 2.24) is 9.78 Å². The lowest BCUT2D eigenvalue weighted by Gasteiger charge is -2.22. The number of carboxylic acids is 1. The number of carboxylic acid groups (broad SMARTS) is 1. The van der Waals surface area contributed by atoms with E-state index in [-0.39, 0.29) is 17.3 Å². The summed E-state index contributed by atoms with van der Waals surface area (Å²) in [5.41, 5.74) is 3.71. The van der Waals surface area contributed by atoms with Crippen LogP contribution in [0.4, 0.5) is 0 Å². The molecule has 1 saturated carbocycles. The zero-order valence-electron chi connectivity index (χ0n) is 14.1. The normalized spacial score (nSPS) is 23.3. The summed E-state index contributed by atoms with van der Waals surface area (Å²) >= 11 is 0. The van der Waals surface area contributed by atoms with Crippen molar-refractivity contribution in [3.05, 3.63) is 28.8 Å². The first kappa shape index (κ1) is 15.2. The van der Waals surface area contributed by atoms with Crippen molar-refractivity contribution < 1.29 is 23.8 Å². The first-order chi connectivity index (χ1) is 12.1. The second kappa shape index (κ2) is 5.19. The summed E-state index contributed by atoms with van der Waals surface area (Å²) in [6.45, 7) is 4.28. The summed E-state index contributed by atoms with van der Waals surface area (Å²) < 4.78 is 18.8. The fourth-order valence-corrected chi connectivity index (χ4v) is 4.15. The van der Waals surface area contributed by atoms with Crippen molar-refractivity contribution in [3.8, 4) is 11.3 Å². The van der Waals surface area contributed by atoms with E-state index < -0.39 is 5.97 Å². The molecule has 132 valence electrons. The van der Waals surface area contributed by atoms with Crippen molar-refractivity contribution >= 4 is 5.97 Å². The Kier molecular flexibility index (Phi) is 3.15. The van der Waals surface area contributed by atoms with Gasteiger partial charge in [-0.1, -0.05) is 0 Å². The zero-order chi connectivity index (χ0) is 17.2. The molecule has 2 fully saturated rings. The third-order valence-corrected chi connectivity index (χ3v) is 5.61. The Morgan fingerprint density at radius 1 is 1.44 bits per heavy atom. The van der Waals surface area contributed by atoms with Gasteiger partial charge >= 0.3 is 5.97 Å². The summed E-state index contributed by atoms with van der Waals surface area (Å²) in [7, 11) is 0. The zero-order valence-corrected chi connectivity index (χ0v) is 14.1. The first-order valence-corrected chi connectivity index (χ1v) is 8.71. The van der Waals surface area contributed by atoms with Gasteiger partial charge in [-0.2, -0.15) is 5.10 Å². The van der Waals surface area contributed by atoms with Crippen molar-refractivity contribution in [3.63, 3.8) is 0 Å². The van der Waals surface area contributed by atoms with Gasteiger partial charge in [-0.25, -0.2) is 4.79 Å². The van der Waals surface area contributed by atoms with Crippen LogP contribution in [0, 0.1) is 6.92 Å². The molecule has 2 aromatic heterocycles. The highest BCUT2D eigenvalue weighted by Crippen LogP contribution is 2.58. The highest BCUT2D eigenvalue weighted by molar-refractivity contribution is 5.90. The van der Waals surface area contributed by atoms with Crippen LogP contribution in [-0.2, 0) is 27.9 Å². The van der Waals surface area contributed by atoms with E-state index in [1.54, 1.807) is 6.92 Å². The molecule has 0 bridgehead atoms. The molecule has 0 radical (unpaired) electrons. The van der Waals surface area contributed by atoms with E-state index in [0.717, 1.165) is 36.3 Å². The molecule has 0 unspecified atom stereocenters. The van der Waals surface area contributed by atoms with Crippen LogP contribution in [-0.4, -0.2) is 46.8 Å². The molecule has 7 nitrogen and oxygen atoms in total. The van der Waals surface area contributed by atoms with Crippen LogP contribution in [0.2, 0.25) is 0 Å². The third-order valence-electron chi connectivity index (χ3n) is 5.61. The number of fused-ring (bicyclic) bond motifs is 4. The molecular weight excluding hydrogens is 324 g/mol. The van der Waals surface area contributed by atoms with E-state index in [1.807, 2.05) is 4.68 Å². The molecule has 0 amide bonds. The Balaban J connectivity index is 1.56. The summed E-state index contributed by atoms with van der Waals surface area (Å²) in [6.07, 6.45) is 5.06. The maximum Gasteiger partial charge on any atom is 0.372 e. The van der Waals surface area contributed by atoms with Gasteiger partial charge in [0, 0.05) is 34.7 Å². The van der Waals surface area contributed by atoms with Crippen LogP contribution in [0.15, 0.2) is 10.6 Å². The number of aromatic nitrogens is 2.